The van der Waals surface area contributed by atoms with Crippen molar-refractivity contribution >= 4 is 16.7 Å². The Kier molecular flexibility index (Phi) is 3.82. The zero-order valence-electron chi connectivity index (χ0n) is 13.0. The summed E-state index contributed by atoms with van der Waals surface area (Å²) in [7, 11) is 0. The normalized spacial score (nSPS) is 15.0. The summed E-state index contributed by atoms with van der Waals surface area (Å²) >= 11 is 0. The van der Waals surface area contributed by atoms with Crippen molar-refractivity contribution in [2.75, 3.05) is 31.1 Å². The Morgan fingerprint density at radius 1 is 0.958 bits per heavy atom. The number of para-hydroxylation sites is 1. The summed E-state index contributed by atoms with van der Waals surface area (Å²) in [5.74, 6) is -0.198. The molecule has 0 unspecified atom stereocenters. The minimum absolute atomic E-state index is 0.207. The van der Waals surface area contributed by atoms with Crippen LogP contribution in [-0.4, -0.2) is 36.1 Å². The Balaban J connectivity index is 1.90. The van der Waals surface area contributed by atoms with Gasteiger partial charge in [-0.2, -0.15) is 0 Å². The van der Waals surface area contributed by atoms with E-state index in [0.717, 1.165) is 49.0 Å². The standard InChI is InChI=1S/C18H16F2N4/c19-12-5-6-13(15(20)11-12)17-22-16-4-2-1-3-14(16)18(23-17)24-9-7-21-8-10-24/h1-6,11,21H,7-10H2. The molecule has 0 amide bonds. The van der Waals surface area contributed by atoms with Gasteiger partial charge < -0.3 is 10.2 Å². The van der Waals surface area contributed by atoms with Crippen molar-refractivity contribution in [2.24, 2.45) is 0 Å². The molecule has 2 aromatic carbocycles. The van der Waals surface area contributed by atoms with E-state index in [9.17, 15) is 8.78 Å². The highest BCUT2D eigenvalue weighted by atomic mass is 19.1. The molecule has 1 fully saturated rings. The maximum absolute atomic E-state index is 14.2. The lowest BCUT2D eigenvalue weighted by atomic mass is 10.1. The third-order valence-electron chi connectivity index (χ3n) is 4.17. The molecule has 4 nitrogen and oxygen atoms in total. The molecule has 6 heteroatoms. The predicted octanol–water partition coefficient (Wildman–Crippen LogP) is 2.98. The number of nitrogens with one attached hydrogen (secondary N) is 1. The largest absolute Gasteiger partial charge is 0.353 e. The van der Waals surface area contributed by atoms with Crippen LogP contribution in [0.5, 0.6) is 0 Å². The Labute approximate surface area is 138 Å². The molecule has 1 N–H and O–H groups in total. The molecule has 3 aromatic rings. The van der Waals surface area contributed by atoms with E-state index in [1.54, 1.807) is 0 Å². The smallest absolute Gasteiger partial charge is 0.165 e. The van der Waals surface area contributed by atoms with Gasteiger partial charge in [-0.1, -0.05) is 12.1 Å². The summed E-state index contributed by atoms with van der Waals surface area (Å²) in [6.45, 7) is 3.40. The lowest BCUT2D eigenvalue weighted by Crippen LogP contribution is -2.44. The van der Waals surface area contributed by atoms with Crippen molar-refractivity contribution < 1.29 is 8.78 Å². The van der Waals surface area contributed by atoms with Gasteiger partial charge in [0.25, 0.3) is 0 Å². The number of aromatic nitrogens is 2. The SMILES string of the molecule is Fc1ccc(-c2nc(N3CCNCC3)c3ccccc3n2)c(F)c1. The average Bonchev–Trinajstić information content (AvgIpc) is 2.61. The molecule has 2 heterocycles. The molecule has 0 saturated carbocycles. The fraction of sp³-hybridized carbons (Fsp3) is 0.222. The molecule has 1 aromatic heterocycles. The van der Waals surface area contributed by atoms with Gasteiger partial charge >= 0.3 is 0 Å². The quantitative estimate of drug-likeness (QED) is 0.786. The first-order valence-corrected chi connectivity index (χ1v) is 7.90. The molecule has 1 saturated heterocycles. The van der Waals surface area contributed by atoms with Crippen molar-refractivity contribution in [3.8, 4) is 11.4 Å². The van der Waals surface area contributed by atoms with Crippen LogP contribution in [0.25, 0.3) is 22.3 Å². The van der Waals surface area contributed by atoms with Gasteiger partial charge in [0.15, 0.2) is 5.82 Å². The number of fused-ring (bicyclic) bond motifs is 1. The molecule has 0 atom stereocenters. The van der Waals surface area contributed by atoms with Crippen molar-refractivity contribution in [1.29, 1.82) is 0 Å². The van der Waals surface area contributed by atoms with Gasteiger partial charge in [-0.3, -0.25) is 0 Å². The van der Waals surface area contributed by atoms with Crippen LogP contribution >= 0.6 is 0 Å². The van der Waals surface area contributed by atoms with E-state index in [1.807, 2.05) is 24.3 Å². The van der Waals surface area contributed by atoms with Gasteiger partial charge in [0.1, 0.15) is 17.5 Å². The molecule has 4 rings (SSSR count). The number of hydrogen-bond donors (Lipinski definition) is 1. The second-order valence-electron chi connectivity index (χ2n) is 5.75. The highest BCUT2D eigenvalue weighted by Gasteiger charge is 2.18. The van der Waals surface area contributed by atoms with E-state index in [-0.39, 0.29) is 11.4 Å². The minimum Gasteiger partial charge on any atom is -0.353 e. The van der Waals surface area contributed by atoms with Crippen LogP contribution in [-0.2, 0) is 0 Å². The summed E-state index contributed by atoms with van der Waals surface area (Å²) in [6.07, 6.45) is 0. The number of piperazine rings is 1. The lowest BCUT2D eigenvalue weighted by molar-refractivity contribution is 0.583. The van der Waals surface area contributed by atoms with Gasteiger partial charge in [-0.15, -0.1) is 0 Å². The van der Waals surface area contributed by atoms with Gasteiger partial charge in [0.05, 0.1) is 11.1 Å². The molecule has 0 bridgehead atoms. The van der Waals surface area contributed by atoms with E-state index in [4.69, 9.17) is 0 Å². The summed E-state index contributed by atoms with van der Waals surface area (Å²) in [5.41, 5.74) is 0.957. The number of anilines is 1. The molecule has 1 aliphatic heterocycles. The Hall–Kier alpha value is -2.60. The Morgan fingerprint density at radius 2 is 1.75 bits per heavy atom. The van der Waals surface area contributed by atoms with Crippen molar-refractivity contribution in [2.45, 2.75) is 0 Å². The van der Waals surface area contributed by atoms with E-state index in [2.05, 4.69) is 20.2 Å². The highest BCUT2D eigenvalue weighted by Crippen LogP contribution is 2.29. The zero-order chi connectivity index (χ0) is 16.5. The molecular weight excluding hydrogens is 310 g/mol. The maximum atomic E-state index is 14.2. The van der Waals surface area contributed by atoms with E-state index in [0.29, 0.717) is 0 Å². The number of hydrogen-bond acceptors (Lipinski definition) is 4. The van der Waals surface area contributed by atoms with Crippen molar-refractivity contribution in [3.05, 3.63) is 54.1 Å². The highest BCUT2D eigenvalue weighted by molar-refractivity contribution is 5.91. The summed E-state index contributed by atoms with van der Waals surface area (Å²) in [6, 6.07) is 11.2. The first-order chi connectivity index (χ1) is 11.7. The molecule has 122 valence electrons. The van der Waals surface area contributed by atoms with E-state index >= 15 is 0 Å². The first kappa shape index (κ1) is 15.0. The average molecular weight is 326 g/mol. The van der Waals surface area contributed by atoms with Crippen LogP contribution in [0.2, 0.25) is 0 Å². The van der Waals surface area contributed by atoms with Crippen LogP contribution < -0.4 is 10.2 Å². The Bertz CT molecular complexity index is 891. The molecule has 24 heavy (non-hydrogen) atoms. The summed E-state index contributed by atoms with van der Waals surface area (Å²) in [5, 5.41) is 4.24. The molecule has 0 spiro atoms. The molecular formula is C18H16F2N4. The van der Waals surface area contributed by atoms with E-state index < -0.39 is 11.6 Å². The lowest BCUT2D eigenvalue weighted by Gasteiger charge is -2.29. The predicted molar refractivity (Wildman–Crippen MR) is 90.0 cm³/mol. The fourth-order valence-corrected chi connectivity index (χ4v) is 2.97. The monoisotopic (exact) mass is 326 g/mol. The van der Waals surface area contributed by atoms with Crippen LogP contribution in [0, 0.1) is 11.6 Å². The van der Waals surface area contributed by atoms with Gasteiger partial charge in [0, 0.05) is 37.6 Å². The third-order valence-corrected chi connectivity index (χ3v) is 4.17. The van der Waals surface area contributed by atoms with Gasteiger partial charge in [-0.05, 0) is 24.3 Å². The van der Waals surface area contributed by atoms with Gasteiger partial charge in [-0.25, -0.2) is 18.7 Å². The second kappa shape index (κ2) is 6.13. The number of rotatable bonds is 2. The summed E-state index contributed by atoms with van der Waals surface area (Å²) in [4.78, 5) is 11.3. The molecule has 1 aliphatic rings. The van der Waals surface area contributed by atoms with E-state index in [1.165, 1.54) is 12.1 Å². The number of nitrogens with zero attached hydrogens (tertiary/aromatic N) is 3. The van der Waals surface area contributed by atoms with Crippen LogP contribution in [0.3, 0.4) is 0 Å². The molecule has 0 radical (unpaired) electrons. The molecule has 0 aliphatic carbocycles. The second-order valence-corrected chi connectivity index (χ2v) is 5.75. The van der Waals surface area contributed by atoms with Crippen molar-refractivity contribution in [3.63, 3.8) is 0 Å². The number of benzene rings is 2. The van der Waals surface area contributed by atoms with Crippen LogP contribution in [0.15, 0.2) is 42.5 Å². The Morgan fingerprint density at radius 3 is 2.54 bits per heavy atom. The van der Waals surface area contributed by atoms with Crippen molar-refractivity contribution in [1.82, 2.24) is 15.3 Å². The third kappa shape index (κ3) is 2.69. The summed E-state index contributed by atoms with van der Waals surface area (Å²) < 4.78 is 27.4. The minimum atomic E-state index is -0.656. The topological polar surface area (TPSA) is 41.1 Å². The zero-order valence-corrected chi connectivity index (χ0v) is 13.0. The van der Waals surface area contributed by atoms with Gasteiger partial charge in [0.2, 0.25) is 0 Å². The number of halogens is 2. The van der Waals surface area contributed by atoms with Crippen LogP contribution in [0.4, 0.5) is 14.6 Å². The first-order valence-electron chi connectivity index (χ1n) is 7.90. The maximum Gasteiger partial charge on any atom is 0.165 e. The fourth-order valence-electron chi connectivity index (χ4n) is 2.97. The van der Waals surface area contributed by atoms with Crippen LogP contribution in [0.1, 0.15) is 0 Å².